The van der Waals surface area contributed by atoms with Gasteiger partial charge in [-0.2, -0.15) is 0 Å². The number of aromatic hydroxyl groups is 1. The molecular weight excluding hydrogens is 544 g/mol. The number of fused-ring (bicyclic) bond motifs is 4. The maximum Gasteiger partial charge on any atom is 0.123 e. The fraction of sp³-hybridized carbons (Fsp3) is 0.545. The van der Waals surface area contributed by atoms with Crippen molar-refractivity contribution >= 4 is 21.5 Å². The van der Waals surface area contributed by atoms with Crippen molar-refractivity contribution in [3.63, 3.8) is 0 Å². The number of hydrogen-bond acceptors (Lipinski definition) is 1. The van der Waals surface area contributed by atoms with Crippen LogP contribution in [-0.4, -0.2) is 5.11 Å². The molecule has 4 aromatic carbocycles. The zero-order chi connectivity index (χ0) is 33.1. The van der Waals surface area contributed by atoms with Crippen LogP contribution in [0.2, 0.25) is 0 Å². The van der Waals surface area contributed by atoms with E-state index >= 15 is 0 Å². The van der Waals surface area contributed by atoms with E-state index in [0.717, 1.165) is 12.0 Å². The predicted octanol–water partition coefficient (Wildman–Crippen LogP) is 12.8. The largest absolute Gasteiger partial charge is 0.507 e. The molecule has 0 heterocycles. The molecule has 0 unspecified atom stereocenters. The van der Waals surface area contributed by atoms with E-state index in [1.54, 1.807) is 0 Å². The van der Waals surface area contributed by atoms with Gasteiger partial charge in [0.1, 0.15) is 5.75 Å². The Hall–Kier alpha value is -2.80. The van der Waals surface area contributed by atoms with Gasteiger partial charge in [0.2, 0.25) is 0 Å². The molecule has 1 N–H and O–H groups in total. The van der Waals surface area contributed by atoms with Crippen LogP contribution in [0.1, 0.15) is 150 Å². The third kappa shape index (κ3) is 5.41. The van der Waals surface area contributed by atoms with Crippen molar-refractivity contribution in [1.82, 2.24) is 0 Å². The summed E-state index contributed by atoms with van der Waals surface area (Å²) in [5.41, 5.74) is 9.99. The van der Waals surface area contributed by atoms with Crippen LogP contribution >= 0.6 is 0 Å². The molecule has 0 aliphatic heterocycles. The smallest absolute Gasteiger partial charge is 0.123 e. The number of hydrogen-bond donors (Lipinski definition) is 1. The lowest BCUT2D eigenvalue weighted by atomic mass is 9.62. The molecule has 0 amide bonds. The van der Waals surface area contributed by atoms with E-state index < -0.39 is 0 Å². The number of phenolic OH excluding ortho intramolecular Hbond substituents is 1. The summed E-state index contributed by atoms with van der Waals surface area (Å²) in [6.07, 6.45) is 5.82. The molecular formula is C44H58O. The van der Waals surface area contributed by atoms with E-state index in [1.807, 2.05) is 6.07 Å². The van der Waals surface area contributed by atoms with E-state index in [9.17, 15) is 5.11 Å². The maximum atomic E-state index is 11.8. The normalized spacial score (nSPS) is 20.2. The van der Waals surface area contributed by atoms with E-state index in [-0.39, 0.29) is 32.5 Å². The Morgan fingerprint density at radius 3 is 1.36 bits per heavy atom. The van der Waals surface area contributed by atoms with Crippen molar-refractivity contribution in [1.29, 1.82) is 0 Å². The monoisotopic (exact) mass is 602 g/mol. The van der Waals surface area contributed by atoms with Crippen LogP contribution < -0.4 is 0 Å². The average Bonchev–Trinajstić information content (AvgIpc) is 2.90. The zero-order valence-corrected chi connectivity index (χ0v) is 30.6. The molecule has 0 saturated carbocycles. The van der Waals surface area contributed by atoms with Gasteiger partial charge in [0.15, 0.2) is 0 Å². The van der Waals surface area contributed by atoms with Gasteiger partial charge >= 0.3 is 0 Å². The minimum atomic E-state index is -0.0303. The van der Waals surface area contributed by atoms with Crippen LogP contribution in [0.25, 0.3) is 32.7 Å². The van der Waals surface area contributed by atoms with Gasteiger partial charge in [-0.3, -0.25) is 0 Å². The molecule has 2 aliphatic rings. The first kappa shape index (κ1) is 32.2. The highest BCUT2D eigenvalue weighted by molar-refractivity contribution is 6.14. The molecule has 0 aromatic heterocycles. The average molecular weight is 603 g/mol. The summed E-state index contributed by atoms with van der Waals surface area (Å²) in [5, 5.41) is 16.9. The Morgan fingerprint density at radius 1 is 0.556 bits per heavy atom. The van der Waals surface area contributed by atoms with Crippen LogP contribution in [0, 0.1) is 5.41 Å². The molecule has 240 valence electrons. The second-order valence-electron chi connectivity index (χ2n) is 19.4. The fourth-order valence-corrected chi connectivity index (χ4v) is 9.12. The van der Waals surface area contributed by atoms with Gasteiger partial charge in [0.05, 0.1) is 0 Å². The summed E-state index contributed by atoms with van der Waals surface area (Å²) < 4.78 is 0. The highest BCUT2D eigenvalue weighted by Gasteiger charge is 2.39. The molecule has 4 aromatic rings. The van der Waals surface area contributed by atoms with Gasteiger partial charge in [-0.1, -0.05) is 108 Å². The molecule has 0 spiro atoms. The van der Waals surface area contributed by atoms with Gasteiger partial charge in [0, 0.05) is 11.1 Å². The van der Waals surface area contributed by atoms with Crippen molar-refractivity contribution in [2.75, 3.05) is 0 Å². The van der Waals surface area contributed by atoms with Gasteiger partial charge in [-0.05, 0) is 144 Å². The topological polar surface area (TPSA) is 20.2 Å². The molecule has 45 heavy (non-hydrogen) atoms. The number of benzene rings is 4. The first-order valence-electron chi connectivity index (χ1n) is 17.5. The quantitative estimate of drug-likeness (QED) is 0.231. The fourth-order valence-electron chi connectivity index (χ4n) is 9.12. The molecule has 0 fully saturated rings. The van der Waals surface area contributed by atoms with Crippen molar-refractivity contribution in [3.8, 4) is 16.9 Å². The molecule has 0 radical (unpaired) electrons. The Balaban J connectivity index is 1.76. The molecule has 2 aliphatic carbocycles. The summed E-state index contributed by atoms with van der Waals surface area (Å²) in [6.45, 7) is 31.0. The number of rotatable bonds is 3. The minimum Gasteiger partial charge on any atom is -0.507 e. The number of phenols is 1. The summed E-state index contributed by atoms with van der Waals surface area (Å²) in [7, 11) is 0. The van der Waals surface area contributed by atoms with E-state index in [1.165, 1.54) is 80.6 Å². The molecule has 1 heteroatoms. The van der Waals surface area contributed by atoms with Gasteiger partial charge < -0.3 is 5.11 Å². The second-order valence-corrected chi connectivity index (χ2v) is 19.4. The molecule has 0 saturated heterocycles. The van der Waals surface area contributed by atoms with Crippen LogP contribution in [0.5, 0.6) is 5.75 Å². The van der Waals surface area contributed by atoms with Gasteiger partial charge in [0.25, 0.3) is 0 Å². The van der Waals surface area contributed by atoms with Crippen molar-refractivity contribution < 1.29 is 5.11 Å². The lowest BCUT2D eigenvalue weighted by Crippen LogP contribution is -2.34. The summed E-state index contributed by atoms with van der Waals surface area (Å²) in [6, 6.07) is 18.9. The summed E-state index contributed by atoms with van der Waals surface area (Å²) >= 11 is 0. The second kappa shape index (κ2) is 9.85. The standard InChI is InChI=1S/C44H58O/c1-39(2,3)26-44(12,13)29-14-15-37(45)32(23-29)38-30-24-35-33(40(4,5)16-18-42(35,8)9)21-27(30)20-28-22-34-36(25-31(28)38)43(10,11)19-17-41(34,6)7/h14-15,20-25,45H,16-19,26H2,1-13H3. The van der Waals surface area contributed by atoms with E-state index in [4.69, 9.17) is 0 Å². The van der Waals surface area contributed by atoms with Gasteiger partial charge in [-0.15, -0.1) is 0 Å². The predicted molar refractivity (Wildman–Crippen MR) is 196 cm³/mol. The highest BCUT2D eigenvalue weighted by atomic mass is 16.3. The first-order chi connectivity index (χ1) is 20.5. The Bertz CT molecular complexity index is 1740. The van der Waals surface area contributed by atoms with Crippen LogP contribution in [0.15, 0.2) is 48.5 Å². The third-order valence-electron chi connectivity index (χ3n) is 11.9. The van der Waals surface area contributed by atoms with Crippen LogP contribution in [0.3, 0.4) is 0 Å². The maximum absolute atomic E-state index is 11.8. The Morgan fingerprint density at radius 2 is 0.956 bits per heavy atom. The van der Waals surface area contributed by atoms with Gasteiger partial charge in [-0.25, -0.2) is 0 Å². The molecule has 1 nitrogen and oxygen atoms in total. The van der Waals surface area contributed by atoms with Crippen LogP contribution in [-0.2, 0) is 27.1 Å². The first-order valence-corrected chi connectivity index (χ1v) is 17.5. The zero-order valence-electron chi connectivity index (χ0n) is 30.6. The van der Waals surface area contributed by atoms with E-state index in [2.05, 4.69) is 132 Å². The minimum absolute atomic E-state index is 0.0303. The Labute approximate surface area is 273 Å². The highest BCUT2D eigenvalue weighted by Crippen LogP contribution is 2.53. The van der Waals surface area contributed by atoms with Crippen molar-refractivity contribution in [3.05, 3.63) is 76.3 Å². The Kier molecular flexibility index (Phi) is 7.04. The summed E-state index contributed by atoms with van der Waals surface area (Å²) in [5.74, 6) is 0.369. The molecule has 0 bridgehead atoms. The van der Waals surface area contributed by atoms with Crippen molar-refractivity contribution in [2.24, 2.45) is 5.41 Å². The lowest BCUT2D eigenvalue weighted by Gasteiger charge is -2.43. The lowest BCUT2D eigenvalue weighted by molar-refractivity contribution is 0.284. The van der Waals surface area contributed by atoms with Crippen molar-refractivity contribution in [2.45, 2.75) is 149 Å². The molecule has 0 atom stereocenters. The van der Waals surface area contributed by atoms with Crippen LogP contribution in [0.4, 0.5) is 0 Å². The summed E-state index contributed by atoms with van der Waals surface area (Å²) in [4.78, 5) is 0. The SMILES string of the molecule is CC(C)(C)CC(C)(C)c1ccc(O)c(-c2c3cc4c(cc3cc3cc5c(cc23)C(C)(C)CCC5(C)C)C(C)(C)CCC4(C)C)c1. The molecule has 6 rings (SSSR count). The van der Waals surface area contributed by atoms with E-state index in [0.29, 0.717) is 5.75 Å². The third-order valence-corrected chi connectivity index (χ3v) is 11.9.